The highest BCUT2D eigenvalue weighted by atomic mass is 35.5. The van der Waals surface area contributed by atoms with E-state index in [1.54, 1.807) is 43.3 Å². The molecule has 0 fully saturated rings. The Morgan fingerprint density at radius 2 is 2.03 bits per heavy atom. The third-order valence-corrected chi connectivity index (χ3v) is 7.51. The smallest absolute Gasteiger partial charge is 0.283 e. The number of carbonyl (C=O) groups excluding carboxylic acids is 1. The molecule has 3 heterocycles. The Balaban J connectivity index is 1.56. The van der Waals surface area contributed by atoms with E-state index in [-0.39, 0.29) is 11.6 Å². The molecule has 2 aromatic carbocycles. The van der Waals surface area contributed by atoms with E-state index in [2.05, 4.69) is 15.4 Å². The van der Waals surface area contributed by atoms with E-state index in [4.69, 9.17) is 11.6 Å². The number of halogens is 1. The van der Waals surface area contributed by atoms with Crippen LogP contribution in [0.3, 0.4) is 0 Å². The number of nitrogens with zero attached hydrogens (tertiary/aromatic N) is 4. The lowest BCUT2D eigenvalue weighted by molar-refractivity contribution is -0.384. The summed E-state index contributed by atoms with van der Waals surface area (Å²) in [7, 11) is 0. The van der Waals surface area contributed by atoms with Gasteiger partial charge in [0.1, 0.15) is 4.83 Å². The van der Waals surface area contributed by atoms with Crippen LogP contribution >= 0.6 is 34.7 Å². The number of rotatable bonds is 4. The number of thiophene rings is 1. The van der Waals surface area contributed by atoms with Crippen molar-refractivity contribution in [3.05, 3.63) is 90.0 Å². The molecule has 0 unspecified atom stereocenters. The van der Waals surface area contributed by atoms with E-state index in [1.165, 1.54) is 28.6 Å². The highest BCUT2D eigenvalue weighted by Gasteiger charge is 2.25. The van der Waals surface area contributed by atoms with E-state index < -0.39 is 10.5 Å². The van der Waals surface area contributed by atoms with Crippen LogP contribution in [0.2, 0.25) is 5.02 Å². The summed E-state index contributed by atoms with van der Waals surface area (Å²) >= 11 is 8.44. The first-order chi connectivity index (χ1) is 16.3. The molecule has 12 heteroatoms. The lowest BCUT2D eigenvalue weighted by Crippen LogP contribution is -2.25. The minimum absolute atomic E-state index is 0.0547. The molecule has 1 amide bonds. The minimum Gasteiger partial charge on any atom is -0.321 e. The van der Waals surface area contributed by atoms with Crippen molar-refractivity contribution >= 4 is 67.9 Å². The second-order valence-corrected chi connectivity index (χ2v) is 9.73. The molecule has 4 aromatic rings. The van der Waals surface area contributed by atoms with Crippen LogP contribution in [0, 0.1) is 17.0 Å². The predicted molar refractivity (Wildman–Crippen MR) is 134 cm³/mol. The Morgan fingerprint density at radius 1 is 1.24 bits per heavy atom. The monoisotopic (exact) mass is 511 g/mol. The summed E-state index contributed by atoms with van der Waals surface area (Å²) < 4.78 is 1.20. The maximum Gasteiger partial charge on any atom is 0.283 e. The van der Waals surface area contributed by atoms with Gasteiger partial charge in [-0.25, -0.2) is 4.98 Å². The molecule has 2 aromatic heterocycles. The molecule has 5 rings (SSSR count). The van der Waals surface area contributed by atoms with Gasteiger partial charge in [0.15, 0.2) is 5.16 Å². The van der Waals surface area contributed by atoms with Gasteiger partial charge in [-0.3, -0.25) is 19.7 Å². The largest absolute Gasteiger partial charge is 0.321 e. The molecule has 0 saturated heterocycles. The quantitative estimate of drug-likeness (QED) is 0.235. The number of carbonyl (C=O) groups is 1. The van der Waals surface area contributed by atoms with Crippen LogP contribution in [-0.4, -0.2) is 32.0 Å². The Kier molecular flexibility index (Phi) is 5.68. The van der Waals surface area contributed by atoms with Crippen LogP contribution in [0.5, 0.6) is 0 Å². The number of anilines is 1. The van der Waals surface area contributed by atoms with Gasteiger partial charge in [0.2, 0.25) is 0 Å². The summed E-state index contributed by atoms with van der Waals surface area (Å²) in [4.78, 5) is 42.3. The lowest BCUT2D eigenvalue weighted by Gasteiger charge is -2.15. The van der Waals surface area contributed by atoms with Crippen LogP contribution in [0.15, 0.2) is 63.6 Å². The van der Waals surface area contributed by atoms with Crippen molar-refractivity contribution in [2.24, 2.45) is 5.10 Å². The van der Waals surface area contributed by atoms with E-state index in [0.717, 1.165) is 11.3 Å². The molecular formula is C22H14ClN5O4S2. The van der Waals surface area contributed by atoms with Crippen molar-refractivity contribution in [1.82, 2.24) is 9.66 Å². The van der Waals surface area contributed by atoms with Gasteiger partial charge in [-0.15, -0.1) is 11.3 Å². The number of fused-ring (bicyclic) bond motifs is 2. The van der Waals surface area contributed by atoms with Crippen LogP contribution < -0.4 is 10.9 Å². The van der Waals surface area contributed by atoms with Crippen molar-refractivity contribution in [3.63, 3.8) is 0 Å². The molecule has 9 nitrogen and oxygen atoms in total. The molecule has 0 bridgehead atoms. The fourth-order valence-corrected chi connectivity index (χ4v) is 5.74. The first kappa shape index (κ1) is 22.3. The van der Waals surface area contributed by atoms with Gasteiger partial charge < -0.3 is 5.32 Å². The fraction of sp³-hybridized carbons (Fsp3) is 0.0909. The third-order valence-electron chi connectivity index (χ3n) is 5.15. The molecule has 0 aliphatic carbocycles. The van der Waals surface area contributed by atoms with Gasteiger partial charge in [-0.05, 0) is 30.7 Å². The predicted octanol–water partition coefficient (Wildman–Crippen LogP) is 4.94. The second-order valence-electron chi connectivity index (χ2n) is 7.35. The van der Waals surface area contributed by atoms with Crippen molar-refractivity contribution in [2.45, 2.75) is 12.1 Å². The SMILES string of the molecule is Cc1c(C(=O)Nc2cccc(Cl)c2)sc2nc3n(c(=O)c12)N=C(c1cccc([N+](=O)[O-])c1)CS3. The number of nitro groups is 1. The molecule has 170 valence electrons. The number of nitrogens with one attached hydrogen (secondary N) is 1. The number of amides is 1. The van der Waals surface area contributed by atoms with E-state index in [1.807, 2.05) is 0 Å². The summed E-state index contributed by atoms with van der Waals surface area (Å²) in [6.45, 7) is 1.70. The highest BCUT2D eigenvalue weighted by Crippen LogP contribution is 2.31. The average Bonchev–Trinajstić information content (AvgIpc) is 3.15. The summed E-state index contributed by atoms with van der Waals surface area (Å²) in [6.07, 6.45) is 0. The van der Waals surface area contributed by atoms with E-state index in [0.29, 0.717) is 53.6 Å². The topological polar surface area (TPSA) is 119 Å². The van der Waals surface area contributed by atoms with Gasteiger partial charge in [0.25, 0.3) is 17.2 Å². The van der Waals surface area contributed by atoms with Gasteiger partial charge in [-0.1, -0.05) is 41.6 Å². The van der Waals surface area contributed by atoms with Crippen molar-refractivity contribution in [2.75, 3.05) is 11.1 Å². The third kappa shape index (κ3) is 3.98. The van der Waals surface area contributed by atoms with Crippen molar-refractivity contribution in [3.8, 4) is 0 Å². The van der Waals surface area contributed by atoms with E-state index in [9.17, 15) is 19.7 Å². The number of aromatic nitrogens is 2. The summed E-state index contributed by atoms with van der Waals surface area (Å²) in [5, 5.41) is 19.6. The molecule has 1 aliphatic heterocycles. The normalized spacial score (nSPS) is 12.8. The molecular weight excluding hydrogens is 498 g/mol. The number of nitro benzene ring substituents is 1. The lowest BCUT2D eigenvalue weighted by atomic mass is 10.1. The molecule has 34 heavy (non-hydrogen) atoms. The summed E-state index contributed by atoms with van der Waals surface area (Å²) in [5.41, 5.74) is 1.68. The zero-order valence-corrected chi connectivity index (χ0v) is 19.8. The fourth-order valence-electron chi connectivity index (χ4n) is 3.53. The van der Waals surface area contributed by atoms with Crippen LogP contribution in [0.4, 0.5) is 11.4 Å². The summed E-state index contributed by atoms with van der Waals surface area (Å²) in [6, 6.07) is 12.9. The Labute approximate surface area is 205 Å². The molecule has 0 radical (unpaired) electrons. The Hall–Kier alpha value is -3.54. The number of non-ortho nitro benzene ring substituents is 1. The number of thioether (sulfide) groups is 1. The molecule has 1 N–H and O–H groups in total. The maximum atomic E-state index is 13.3. The Bertz CT molecular complexity index is 1590. The van der Waals surface area contributed by atoms with Gasteiger partial charge >= 0.3 is 0 Å². The molecule has 1 aliphatic rings. The first-order valence-corrected chi connectivity index (χ1v) is 12.1. The van der Waals surface area contributed by atoms with Crippen LogP contribution in [-0.2, 0) is 0 Å². The second kappa shape index (κ2) is 8.67. The van der Waals surface area contributed by atoms with Crippen molar-refractivity contribution < 1.29 is 9.72 Å². The molecule has 0 atom stereocenters. The van der Waals surface area contributed by atoms with Crippen molar-refractivity contribution in [1.29, 1.82) is 0 Å². The van der Waals surface area contributed by atoms with E-state index >= 15 is 0 Å². The zero-order chi connectivity index (χ0) is 24.0. The Morgan fingerprint density at radius 3 is 2.79 bits per heavy atom. The first-order valence-electron chi connectivity index (χ1n) is 9.90. The highest BCUT2D eigenvalue weighted by molar-refractivity contribution is 7.99. The van der Waals surface area contributed by atoms with Gasteiger partial charge in [0.05, 0.1) is 20.9 Å². The zero-order valence-electron chi connectivity index (χ0n) is 17.4. The minimum atomic E-state index is -0.476. The van der Waals surface area contributed by atoms with Crippen LogP contribution in [0.25, 0.3) is 10.2 Å². The number of aryl methyl sites for hydroxylation is 1. The standard InChI is InChI=1S/C22H14ClN5O4S2/c1-11-17-20(34-18(11)19(29)24-14-6-3-5-13(23)9-14)25-22-27(21(17)30)26-16(10-33-22)12-4-2-7-15(8-12)28(31)32/h2-9H,10H2,1H3,(H,24,29). The van der Waals surface area contributed by atoms with Crippen LogP contribution in [0.1, 0.15) is 20.8 Å². The molecule has 0 spiro atoms. The maximum absolute atomic E-state index is 13.3. The average molecular weight is 512 g/mol. The summed E-state index contributed by atoms with van der Waals surface area (Å²) in [5.74, 6) is 0.0320. The van der Waals surface area contributed by atoms with Gasteiger partial charge in [0, 0.05) is 34.2 Å². The number of benzene rings is 2. The molecule has 0 saturated carbocycles. The number of hydrogen-bond donors (Lipinski definition) is 1. The van der Waals surface area contributed by atoms with Gasteiger partial charge in [-0.2, -0.15) is 9.78 Å². The number of hydrogen-bond acceptors (Lipinski definition) is 8.